The lowest BCUT2D eigenvalue weighted by Crippen LogP contribution is -2.14. The fourth-order valence-electron chi connectivity index (χ4n) is 3.23. The van der Waals surface area contributed by atoms with Crippen LogP contribution in [0.15, 0.2) is 46.8 Å². The summed E-state index contributed by atoms with van der Waals surface area (Å²) in [6.45, 7) is 4.27. The van der Waals surface area contributed by atoms with Crippen LogP contribution in [0.25, 0.3) is 10.2 Å². The summed E-state index contributed by atoms with van der Waals surface area (Å²) in [5, 5.41) is 8.25. The van der Waals surface area contributed by atoms with Crippen molar-refractivity contribution in [2.75, 3.05) is 11.6 Å². The number of benzene rings is 2. The van der Waals surface area contributed by atoms with Crippen molar-refractivity contribution in [3.05, 3.63) is 70.0 Å². The summed E-state index contributed by atoms with van der Waals surface area (Å²) in [6.07, 6.45) is 2.01. The van der Waals surface area contributed by atoms with E-state index in [0.29, 0.717) is 22.8 Å². The van der Waals surface area contributed by atoms with Gasteiger partial charge in [0.15, 0.2) is 4.34 Å². The first kappa shape index (κ1) is 19.9. The summed E-state index contributed by atoms with van der Waals surface area (Å²) in [7, 11) is 0. The first-order valence-corrected chi connectivity index (χ1v) is 11.4. The molecule has 5 nitrogen and oxygen atoms in total. The predicted molar refractivity (Wildman–Crippen MR) is 122 cm³/mol. The maximum Gasteiger partial charge on any atom is 0.259 e. The van der Waals surface area contributed by atoms with Gasteiger partial charge in [-0.05, 0) is 49.9 Å². The van der Waals surface area contributed by atoms with Gasteiger partial charge in [0.05, 0.1) is 28.0 Å². The summed E-state index contributed by atoms with van der Waals surface area (Å²) >= 11 is 9.51. The summed E-state index contributed by atoms with van der Waals surface area (Å²) in [6, 6.07) is 13.4. The summed E-state index contributed by atoms with van der Waals surface area (Å²) in [5.41, 5.74) is 4.74. The molecule has 0 aliphatic carbocycles. The molecule has 2 heterocycles. The maximum absolute atomic E-state index is 13.0. The van der Waals surface area contributed by atoms with Crippen LogP contribution in [0, 0.1) is 13.8 Å². The molecule has 0 fully saturated rings. The zero-order valence-corrected chi connectivity index (χ0v) is 18.6. The molecule has 0 aliphatic rings. The number of anilines is 1. The summed E-state index contributed by atoms with van der Waals surface area (Å²) in [4.78, 5) is 17.5. The van der Waals surface area contributed by atoms with Gasteiger partial charge in [-0.3, -0.25) is 9.48 Å². The van der Waals surface area contributed by atoms with Crippen LogP contribution < -0.4 is 5.32 Å². The van der Waals surface area contributed by atoms with E-state index in [4.69, 9.17) is 11.6 Å². The number of carbonyl (C=O) groups is 1. The zero-order valence-electron chi connectivity index (χ0n) is 16.2. The number of nitrogens with zero attached hydrogens (tertiary/aromatic N) is 3. The highest BCUT2D eigenvalue weighted by Crippen LogP contribution is 2.30. The minimum absolute atomic E-state index is 0.167. The number of hydrogen-bond donors (Lipinski definition) is 1. The van der Waals surface area contributed by atoms with Gasteiger partial charge in [0, 0.05) is 16.4 Å². The van der Waals surface area contributed by atoms with Crippen LogP contribution in [0.4, 0.5) is 5.69 Å². The van der Waals surface area contributed by atoms with Crippen LogP contribution in [0.5, 0.6) is 0 Å². The number of amides is 1. The molecule has 1 N–H and O–H groups in total. The summed E-state index contributed by atoms with van der Waals surface area (Å²) in [5.74, 6) is -0.167. The van der Waals surface area contributed by atoms with Gasteiger partial charge in [0.1, 0.15) is 0 Å². The Labute approximate surface area is 182 Å². The molecular formula is C21H19ClN4OS2. The molecule has 2 aromatic heterocycles. The van der Waals surface area contributed by atoms with Crippen molar-refractivity contribution >= 4 is 56.5 Å². The predicted octanol–water partition coefficient (Wildman–Crippen LogP) is 5.79. The van der Waals surface area contributed by atoms with E-state index in [1.807, 2.05) is 67.2 Å². The number of thioether (sulfide) groups is 1. The summed E-state index contributed by atoms with van der Waals surface area (Å²) < 4.78 is 3.88. The highest BCUT2D eigenvalue weighted by atomic mass is 35.5. The quantitative estimate of drug-likeness (QED) is 0.397. The van der Waals surface area contributed by atoms with Crippen LogP contribution in [0.2, 0.25) is 5.02 Å². The van der Waals surface area contributed by atoms with Crippen molar-refractivity contribution in [1.29, 1.82) is 0 Å². The van der Waals surface area contributed by atoms with Gasteiger partial charge in [-0.1, -0.05) is 41.6 Å². The number of aryl methyl sites for hydroxylation is 1. The minimum atomic E-state index is -0.167. The molecule has 0 unspecified atom stereocenters. The highest BCUT2D eigenvalue weighted by molar-refractivity contribution is 8.00. The molecular weight excluding hydrogens is 424 g/mol. The topological polar surface area (TPSA) is 59.8 Å². The molecule has 0 saturated heterocycles. The fourth-order valence-corrected chi connectivity index (χ4v) is 4.95. The molecule has 148 valence electrons. The Morgan fingerprint density at radius 1 is 1.24 bits per heavy atom. The van der Waals surface area contributed by atoms with E-state index in [1.165, 1.54) is 0 Å². The van der Waals surface area contributed by atoms with Gasteiger partial charge < -0.3 is 5.32 Å². The van der Waals surface area contributed by atoms with E-state index in [9.17, 15) is 4.79 Å². The third-order valence-electron chi connectivity index (χ3n) is 4.69. The Bertz CT molecular complexity index is 1210. The van der Waals surface area contributed by atoms with Crippen LogP contribution in [0.3, 0.4) is 0 Å². The van der Waals surface area contributed by atoms with Gasteiger partial charge in [0.2, 0.25) is 0 Å². The van der Waals surface area contributed by atoms with Crippen molar-refractivity contribution in [3.8, 4) is 0 Å². The van der Waals surface area contributed by atoms with Gasteiger partial charge in [-0.25, -0.2) is 4.98 Å². The van der Waals surface area contributed by atoms with Gasteiger partial charge >= 0.3 is 0 Å². The lowest BCUT2D eigenvalue weighted by Gasteiger charge is -2.08. The van der Waals surface area contributed by atoms with Crippen molar-refractivity contribution in [2.45, 2.75) is 24.7 Å². The van der Waals surface area contributed by atoms with Crippen LogP contribution in [-0.4, -0.2) is 26.9 Å². The third kappa shape index (κ3) is 4.03. The lowest BCUT2D eigenvalue weighted by molar-refractivity contribution is 0.102. The fraction of sp³-hybridized carbons (Fsp3) is 0.190. The number of hydrogen-bond acceptors (Lipinski definition) is 5. The molecule has 2 aromatic carbocycles. The van der Waals surface area contributed by atoms with Crippen molar-refractivity contribution in [2.24, 2.45) is 0 Å². The van der Waals surface area contributed by atoms with E-state index in [-0.39, 0.29) is 5.91 Å². The van der Waals surface area contributed by atoms with Crippen molar-refractivity contribution < 1.29 is 4.79 Å². The number of carbonyl (C=O) groups excluding carboxylic acids is 1. The van der Waals surface area contributed by atoms with Crippen molar-refractivity contribution in [3.63, 3.8) is 0 Å². The number of fused-ring (bicyclic) bond motifs is 1. The molecule has 29 heavy (non-hydrogen) atoms. The van der Waals surface area contributed by atoms with Crippen molar-refractivity contribution in [1.82, 2.24) is 14.8 Å². The van der Waals surface area contributed by atoms with Gasteiger partial charge in [-0.15, -0.1) is 11.3 Å². The van der Waals surface area contributed by atoms with Crippen LogP contribution >= 0.6 is 34.7 Å². The number of halogens is 1. The van der Waals surface area contributed by atoms with E-state index in [1.54, 1.807) is 23.1 Å². The first-order valence-electron chi connectivity index (χ1n) is 8.99. The van der Waals surface area contributed by atoms with E-state index >= 15 is 0 Å². The highest BCUT2D eigenvalue weighted by Gasteiger charge is 2.19. The first-order chi connectivity index (χ1) is 14.0. The average Bonchev–Trinajstić information content (AvgIpc) is 3.23. The molecule has 0 saturated carbocycles. The smallest absolute Gasteiger partial charge is 0.259 e. The molecule has 4 aromatic rings. The maximum atomic E-state index is 13.0. The zero-order chi connectivity index (χ0) is 20.5. The third-order valence-corrected chi connectivity index (χ3v) is 7.06. The second-order valence-electron chi connectivity index (χ2n) is 6.62. The second-order valence-corrected chi connectivity index (χ2v) is 9.11. The number of nitrogens with one attached hydrogen (secondary N) is 1. The Balaban J connectivity index is 1.59. The lowest BCUT2D eigenvalue weighted by atomic mass is 10.1. The molecule has 1 amide bonds. The Morgan fingerprint density at radius 3 is 2.79 bits per heavy atom. The Morgan fingerprint density at radius 2 is 2.03 bits per heavy atom. The van der Waals surface area contributed by atoms with E-state index in [2.05, 4.69) is 15.4 Å². The monoisotopic (exact) mass is 442 g/mol. The second kappa shape index (κ2) is 8.18. The van der Waals surface area contributed by atoms with E-state index < -0.39 is 0 Å². The Kier molecular flexibility index (Phi) is 5.63. The minimum Gasteiger partial charge on any atom is -0.322 e. The van der Waals surface area contributed by atoms with Crippen LogP contribution in [0.1, 0.15) is 27.3 Å². The van der Waals surface area contributed by atoms with Crippen LogP contribution in [-0.2, 0) is 6.54 Å². The average molecular weight is 443 g/mol. The Hall–Kier alpha value is -2.35. The number of rotatable bonds is 5. The molecule has 0 atom stereocenters. The normalized spacial score (nSPS) is 11.2. The molecule has 0 bridgehead atoms. The van der Waals surface area contributed by atoms with E-state index in [0.717, 1.165) is 31.5 Å². The molecule has 0 aliphatic heterocycles. The molecule has 0 spiro atoms. The number of aromatic nitrogens is 3. The van der Waals surface area contributed by atoms with Gasteiger partial charge in [0.25, 0.3) is 5.91 Å². The number of thiazole rings is 1. The SMILES string of the molecule is CSc1nc2ccc(NC(=O)c3c(C)nn(Cc4ccccc4Cl)c3C)cc2s1. The van der Waals surface area contributed by atoms with Gasteiger partial charge in [-0.2, -0.15) is 5.10 Å². The standard InChI is InChI=1S/C21H19ClN4OS2/c1-12-19(13(2)26(25-12)11-14-6-4-5-7-16(14)22)20(27)23-15-8-9-17-18(10-15)29-21(24-17)28-3/h4-10H,11H2,1-3H3,(H,23,27). The largest absolute Gasteiger partial charge is 0.322 e. The molecule has 0 radical (unpaired) electrons. The molecule has 8 heteroatoms. The molecule has 4 rings (SSSR count).